The molecule has 0 fully saturated rings. The lowest BCUT2D eigenvalue weighted by Crippen LogP contribution is -1.94. The van der Waals surface area contributed by atoms with Gasteiger partial charge in [0.2, 0.25) is 0 Å². The van der Waals surface area contributed by atoms with Crippen LogP contribution in [-0.2, 0) is 0 Å². The van der Waals surface area contributed by atoms with Crippen LogP contribution in [0.1, 0.15) is 11.0 Å². The molecule has 0 N–H and O–H groups in total. The van der Waals surface area contributed by atoms with Crippen molar-refractivity contribution in [1.82, 2.24) is 0 Å². The van der Waals surface area contributed by atoms with E-state index in [1.54, 1.807) is 0 Å². The Morgan fingerprint density at radius 3 is 1.73 bits per heavy atom. The van der Waals surface area contributed by atoms with Crippen molar-refractivity contribution in [2.75, 3.05) is 0 Å². The molecule has 10 aromatic rings. The Balaban J connectivity index is 1.56. The van der Waals surface area contributed by atoms with E-state index in [2.05, 4.69) is 30.3 Å². The van der Waals surface area contributed by atoms with Gasteiger partial charge < -0.3 is 0 Å². The van der Waals surface area contributed by atoms with Gasteiger partial charge in [0.05, 0.1) is 11.0 Å². The minimum Gasteiger partial charge on any atom is -0.0622 e. The van der Waals surface area contributed by atoms with Crippen molar-refractivity contribution in [3.8, 4) is 33.4 Å². The van der Waals surface area contributed by atoms with Gasteiger partial charge in [0.25, 0.3) is 0 Å². The maximum atomic E-state index is 9.77. The van der Waals surface area contributed by atoms with Gasteiger partial charge in [-0.25, -0.2) is 0 Å². The van der Waals surface area contributed by atoms with E-state index in [9.17, 15) is 8.22 Å². The third-order valence-corrected chi connectivity index (χ3v) is 9.61. The molecule has 0 nitrogen and oxygen atoms in total. The molecular formula is C48H30. The van der Waals surface area contributed by atoms with Gasteiger partial charge in [-0.3, -0.25) is 0 Å². The largest absolute Gasteiger partial charge is 0.0636 e. The van der Waals surface area contributed by atoms with Gasteiger partial charge in [0, 0.05) is 0 Å². The van der Waals surface area contributed by atoms with Crippen molar-refractivity contribution >= 4 is 64.6 Å². The van der Waals surface area contributed by atoms with Gasteiger partial charge in [0.15, 0.2) is 0 Å². The minimum absolute atomic E-state index is 0.0311. The first-order valence-electron chi connectivity index (χ1n) is 20.0. The van der Waals surface area contributed by atoms with Crippen molar-refractivity contribution in [3.05, 3.63) is 182 Å². The van der Waals surface area contributed by atoms with Gasteiger partial charge in [-0.2, -0.15) is 0 Å². The molecule has 0 aliphatic rings. The molecule has 10 rings (SSSR count). The summed E-state index contributed by atoms with van der Waals surface area (Å²) in [6.07, 6.45) is 0. The van der Waals surface area contributed by atoms with Crippen LogP contribution in [0.5, 0.6) is 0 Å². The second-order valence-corrected chi connectivity index (χ2v) is 12.1. The Labute approximate surface area is 290 Å². The Kier molecular flexibility index (Phi) is 4.46. The molecule has 222 valence electrons. The summed E-state index contributed by atoms with van der Waals surface area (Å²) < 4.78 is 74.6. The highest BCUT2D eigenvalue weighted by atomic mass is 14.2. The summed E-state index contributed by atoms with van der Waals surface area (Å²) in [6, 6.07) is 41.1. The Hall–Kier alpha value is -6.24. The molecule has 0 spiro atoms. The predicted molar refractivity (Wildman–Crippen MR) is 208 cm³/mol. The van der Waals surface area contributed by atoms with Crippen LogP contribution in [-0.4, -0.2) is 0 Å². The summed E-state index contributed by atoms with van der Waals surface area (Å²) in [7, 11) is 0. The first kappa shape index (κ1) is 20.1. The maximum Gasteiger partial charge on any atom is 0.0636 e. The fourth-order valence-corrected chi connectivity index (χ4v) is 7.61. The maximum absolute atomic E-state index is 9.77. The lowest BCUT2D eigenvalue weighted by Gasteiger charge is -2.21. The van der Waals surface area contributed by atoms with Crippen LogP contribution in [0.4, 0.5) is 0 Å². The molecule has 0 heteroatoms. The standard InChI is InChI=1S/C48H30/c1-2-14-31(15-3-1)37-29-28-32-16-4-6-19-35(32)47(37)48-36-20-7-5-17-33(36)30-34-18-12-25-43(45(34)48)44-27-13-26-42-40-22-9-8-21-38(40)39-23-10-11-24-41(39)46(42)44/h1-30H/i5D,7D,12D,17D,18D,20D,25D,30D. The second kappa shape index (κ2) is 10.7. The molecule has 0 atom stereocenters. The first-order valence-corrected chi connectivity index (χ1v) is 16.0. The molecule has 10 aromatic carbocycles. The van der Waals surface area contributed by atoms with Gasteiger partial charge in [-0.1, -0.05) is 176 Å². The smallest absolute Gasteiger partial charge is 0.0622 e. The van der Waals surface area contributed by atoms with E-state index in [4.69, 9.17) is 2.74 Å². The summed E-state index contributed by atoms with van der Waals surface area (Å²) >= 11 is 0. The molecule has 0 amide bonds. The molecule has 0 saturated heterocycles. The van der Waals surface area contributed by atoms with Gasteiger partial charge >= 0.3 is 0 Å². The van der Waals surface area contributed by atoms with Crippen molar-refractivity contribution in [1.29, 1.82) is 0 Å². The molecule has 0 aliphatic heterocycles. The Morgan fingerprint density at radius 1 is 0.312 bits per heavy atom. The molecule has 0 bridgehead atoms. The third-order valence-electron chi connectivity index (χ3n) is 9.61. The van der Waals surface area contributed by atoms with Gasteiger partial charge in [-0.15, -0.1) is 0 Å². The average molecular weight is 615 g/mol. The van der Waals surface area contributed by atoms with E-state index >= 15 is 0 Å². The van der Waals surface area contributed by atoms with Crippen molar-refractivity contribution in [2.45, 2.75) is 0 Å². The zero-order valence-electron chi connectivity index (χ0n) is 33.7. The number of benzene rings is 10. The number of hydrogen-bond donors (Lipinski definition) is 0. The van der Waals surface area contributed by atoms with Crippen molar-refractivity contribution < 1.29 is 11.0 Å². The molecule has 0 unspecified atom stereocenters. The third kappa shape index (κ3) is 3.96. The monoisotopic (exact) mass is 614 g/mol. The average Bonchev–Trinajstić information content (AvgIpc) is 3.24. The fraction of sp³-hybridized carbons (Fsp3) is 0. The van der Waals surface area contributed by atoms with Crippen LogP contribution in [0.25, 0.3) is 98.0 Å². The zero-order chi connectivity index (χ0) is 38.6. The van der Waals surface area contributed by atoms with Crippen LogP contribution in [0.2, 0.25) is 0 Å². The van der Waals surface area contributed by atoms with Crippen LogP contribution in [0.15, 0.2) is 182 Å². The Bertz CT molecular complexity index is 3290. The fourth-order valence-electron chi connectivity index (χ4n) is 7.61. The van der Waals surface area contributed by atoms with Gasteiger partial charge in [-0.05, 0) is 104 Å². The van der Waals surface area contributed by atoms with E-state index in [-0.39, 0.29) is 52.4 Å². The van der Waals surface area contributed by atoms with E-state index in [0.29, 0.717) is 27.6 Å². The molecule has 0 aliphatic carbocycles. The quantitative estimate of drug-likeness (QED) is 0.137. The number of hydrogen-bond acceptors (Lipinski definition) is 0. The van der Waals surface area contributed by atoms with E-state index in [1.807, 2.05) is 103 Å². The number of fused-ring (bicyclic) bond motifs is 9. The Morgan fingerprint density at radius 2 is 0.938 bits per heavy atom. The summed E-state index contributed by atoms with van der Waals surface area (Å²) in [5.41, 5.74) is 3.66. The minimum atomic E-state index is -0.482. The molecule has 0 saturated carbocycles. The summed E-state index contributed by atoms with van der Waals surface area (Å²) in [5.74, 6) is 0. The molecule has 0 aromatic heterocycles. The van der Waals surface area contributed by atoms with E-state index in [0.717, 1.165) is 54.2 Å². The molecule has 0 heterocycles. The van der Waals surface area contributed by atoms with Gasteiger partial charge in [0.1, 0.15) is 0 Å². The summed E-state index contributed by atoms with van der Waals surface area (Å²) in [5, 5.41) is 8.02. The van der Waals surface area contributed by atoms with Crippen molar-refractivity contribution in [3.63, 3.8) is 0 Å². The van der Waals surface area contributed by atoms with Crippen molar-refractivity contribution in [2.24, 2.45) is 0 Å². The highest BCUT2D eigenvalue weighted by Gasteiger charge is 2.21. The number of rotatable bonds is 3. The van der Waals surface area contributed by atoms with Crippen LogP contribution in [0.3, 0.4) is 0 Å². The van der Waals surface area contributed by atoms with E-state index < -0.39 is 12.1 Å². The topological polar surface area (TPSA) is 0 Å². The zero-order valence-corrected chi connectivity index (χ0v) is 25.7. The SMILES string of the molecule is [2H]c1c([2H])c([2H])c2c(-c3c(-c4ccccc4)ccc4ccccc34)c3c(-c4cccc5c6ccccc6c6ccccc6c45)c([2H])c([2H])c([2H])c3c([2H])c2c1[2H]. The lowest BCUT2D eigenvalue weighted by molar-refractivity contribution is 1.63. The molecular weight excluding hydrogens is 577 g/mol. The van der Waals surface area contributed by atoms with Crippen LogP contribution >= 0.6 is 0 Å². The second-order valence-electron chi connectivity index (χ2n) is 12.1. The normalized spacial score (nSPS) is 14.1. The highest BCUT2D eigenvalue weighted by Crippen LogP contribution is 2.49. The van der Waals surface area contributed by atoms with E-state index in [1.165, 1.54) is 0 Å². The summed E-state index contributed by atoms with van der Waals surface area (Å²) in [4.78, 5) is 0. The van der Waals surface area contributed by atoms with Crippen LogP contribution in [0, 0.1) is 0 Å². The molecule has 0 radical (unpaired) electrons. The first-order chi connectivity index (χ1) is 27.2. The lowest BCUT2D eigenvalue weighted by atomic mass is 9.81. The highest BCUT2D eigenvalue weighted by molar-refractivity contribution is 6.30. The summed E-state index contributed by atoms with van der Waals surface area (Å²) in [6.45, 7) is 0. The van der Waals surface area contributed by atoms with Crippen LogP contribution < -0.4 is 0 Å². The predicted octanol–water partition coefficient (Wildman–Crippen LogP) is 13.6. The molecule has 48 heavy (non-hydrogen) atoms.